The standard InChI is InChI=1S/C18H27NO2/c1-3-18(4-2,13-20)12-19-17(21)16(15-10-11-15)14-8-6-5-7-9-14/h5-9,15-16,20H,3-4,10-13H2,1-2H3,(H,19,21). The molecule has 1 saturated carbocycles. The van der Waals surface area contributed by atoms with Crippen LogP contribution in [0.4, 0.5) is 0 Å². The Morgan fingerprint density at radius 3 is 2.38 bits per heavy atom. The smallest absolute Gasteiger partial charge is 0.227 e. The molecule has 1 amide bonds. The Balaban J connectivity index is 2.03. The summed E-state index contributed by atoms with van der Waals surface area (Å²) in [7, 11) is 0. The summed E-state index contributed by atoms with van der Waals surface area (Å²) < 4.78 is 0. The molecule has 1 aromatic rings. The van der Waals surface area contributed by atoms with Gasteiger partial charge in [0.15, 0.2) is 0 Å². The van der Waals surface area contributed by atoms with Gasteiger partial charge in [-0.15, -0.1) is 0 Å². The predicted molar refractivity (Wildman–Crippen MR) is 85.0 cm³/mol. The minimum Gasteiger partial charge on any atom is -0.396 e. The highest BCUT2D eigenvalue weighted by molar-refractivity contribution is 5.84. The van der Waals surface area contributed by atoms with E-state index < -0.39 is 0 Å². The third-order valence-electron chi connectivity index (χ3n) is 5.01. The van der Waals surface area contributed by atoms with Gasteiger partial charge in [0.25, 0.3) is 0 Å². The van der Waals surface area contributed by atoms with E-state index >= 15 is 0 Å². The summed E-state index contributed by atoms with van der Waals surface area (Å²) in [6, 6.07) is 10.1. The molecule has 0 radical (unpaired) electrons. The van der Waals surface area contributed by atoms with Crippen molar-refractivity contribution in [2.24, 2.45) is 11.3 Å². The lowest BCUT2D eigenvalue weighted by molar-refractivity contribution is -0.123. The molecule has 3 heteroatoms. The largest absolute Gasteiger partial charge is 0.396 e. The van der Waals surface area contributed by atoms with Crippen LogP contribution in [0.2, 0.25) is 0 Å². The Morgan fingerprint density at radius 2 is 1.90 bits per heavy atom. The molecule has 0 spiro atoms. The van der Waals surface area contributed by atoms with Crippen LogP contribution in [0.15, 0.2) is 30.3 Å². The molecule has 1 aromatic carbocycles. The van der Waals surface area contributed by atoms with Gasteiger partial charge in [0.1, 0.15) is 0 Å². The summed E-state index contributed by atoms with van der Waals surface area (Å²) in [4.78, 5) is 12.6. The molecule has 116 valence electrons. The van der Waals surface area contributed by atoms with E-state index in [1.165, 1.54) is 0 Å². The minimum atomic E-state index is -0.180. The normalized spacial score (nSPS) is 16.5. The second-order valence-electron chi connectivity index (χ2n) is 6.31. The van der Waals surface area contributed by atoms with Crippen LogP contribution in [0.1, 0.15) is 51.0 Å². The lowest BCUT2D eigenvalue weighted by atomic mass is 9.83. The predicted octanol–water partition coefficient (Wildman–Crippen LogP) is 3.10. The van der Waals surface area contributed by atoms with Crippen molar-refractivity contribution in [2.45, 2.75) is 45.4 Å². The molecule has 0 aliphatic heterocycles. The van der Waals surface area contributed by atoms with E-state index in [1.54, 1.807) is 0 Å². The fourth-order valence-corrected chi connectivity index (χ4v) is 2.89. The van der Waals surface area contributed by atoms with Gasteiger partial charge >= 0.3 is 0 Å². The Bertz CT molecular complexity index is 441. The van der Waals surface area contributed by atoms with Gasteiger partial charge in [0.2, 0.25) is 5.91 Å². The van der Waals surface area contributed by atoms with Gasteiger partial charge in [0.05, 0.1) is 12.5 Å². The number of hydrogen-bond donors (Lipinski definition) is 2. The molecule has 2 rings (SSSR count). The summed E-state index contributed by atoms with van der Waals surface area (Å²) in [5.41, 5.74) is 0.931. The fraction of sp³-hybridized carbons (Fsp3) is 0.611. The van der Waals surface area contributed by atoms with Crippen LogP contribution in [-0.2, 0) is 4.79 Å². The van der Waals surface area contributed by atoms with Crippen molar-refractivity contribution >= 4 is 5.91 Å². The lowest BCUT2D eigenvalue weighted by Gasteiger charge is -2.30. The highest BCUT2D eigenvalue weighted by Gasteiger charge is 2.38. The van der Waals surface area contributed by atoms with Crippen molar-refractivity contribution in [3.8, 4) is 0 Å². The van der Waals surface area contributed by atoms with Crippen molar-refractivity contribution in [3.05, 3.63) is 35.9 Å². The van der Waals surface area contributed by atoms with Crippen LogP contribution in [0, 0.1) is 11.3 Å². The zero-order valence-corrected chi connectivity index (χ0v) is 13.1. The topological polar surface area (TPSA) is 49.3 Å². The second-order valence-corrected chi connectivity index (χ2v) is 6.31. The zero-order valence-electron chi connectivity index (χ0n) is 13.1. The summed E-state index contributed by atoms with van der Waals surface area (Å²) in [6.07, 6.45) is 4.03. The van der Waals surface area contributed by atoms with Crippen molar-refractivity contribution < 1.29 is 9.90 Å². The average Bonchev–Trinajstić information content (AvgIpc) is 3.35. The molecule has 1 unspecified atom stereocenters. The number of aliphatic hydroxyl groups is 1. The highest BCUT2D eigenvalue weighted by Crippen LogP contribution is 2.42. The summed E-state index contributed by atoms with van der Waals surface area (Å²) in [5.74, 6) is 0.568. The van der Waals surface area contributed by atoms with Crippen LogP contribution in [0.25, 0.3) is 0 Å². The molecule has 21 heavy (non-hydrogen) atoms. The SMILES string of the molecule is CCC(CC)(CO)CNC(=O)C(c1ccccc1)C1CC1. The van der Waals surface area contributed by atoms with E-state index in [4.69, 9.17) is 0 Å². The van der Waals surface area contributed by atoms with Crippen molar-refractivity contribution in [2.75, 3.05) is 13.2 Å². The molecule has 1 aliphatic rings. The van der Waals surface area contributed by atoms with Gasteiger partial charge in [-0.05, 0) is 37.2 Å². The maximum atomic E-state index is 12.6. The van der Waals surface area contributed by atoms with Gasteiger partial charge in [-0.2, -0.15) is 0 Å². The Hall–Kier alpha value is -1.35. The maximum absolute atomic E-state index is 12.6. The van der Waals surface area contributed by atoms with Crippen LogP contribution in [0.3, 0.4) is 0 Å². The number of hydrogen-bond acceptors (Lipinski definition) is 2. The molecular weight excluding hydrogens is 262 g/mol. The van der Waals surface area contributed by atoms with Crippen molar-refractivity contribution in [1.82, 2.24) is 5.32 Å². The van der Waals surface area contributed by atoms with Crippen LogP contribution in [0.5, 0.6) is 0 Å². The third kappa shape index (κ3) is 3.85. The highest BCUT2D eigenvalue weighted by atomic mass is 16.3. The minimum absolute atomic E-state index is 0.0312. The number of amides is 1. The zero-order chi connectivity index (χ0) is 15.3. The number of aliphatic hydroxyl groups excluding tert-OH is 1. The molecule has 1 fully saturated rings. The first kappa shape index (κ1) is 16.0. The first-order valence-electron chi connectivity index (χ1n) is 8.09. The molecule has 0 saturated heterocycles. The average molecular weight is 289 g/mol. The Labute approximate surface area is 127 Å². The fourth-order valence-electron chi connectivity index (χ4n) is 2.89. The number of rotatable bonds is 8. The van der Waals surface area contributed by atoms with Gasteiger partial charge < -0.3 is 10.4 Å². The van der Waals surface area contributed by atoms with Gasteiger partial charge in [0, 0.05) is 12.0 Å². The first-order chi connectivity index (χ1) is 10.2. The monoisotopic (exact) mass is 289 g/mol. The molecule has 0 heterocycles. The summed E-state index contributed by atoms with van der Waals surface area (Å²) in [5, 5.41) is 12.7. The Kier molecular flexibility index (Phi) is 5.40. The summed E-state index contributed by atoms with van der Waals surface area (Å²) >= 11 is 0. The van der Waals surface area contributed by atoms with E-state index in [0.29, 0.717) is 12.5 Å². The van der Waals surface area contributed by atoms with Crippen LogP contribution >= 0.6 is 0 Å². The van der Waals surface area contributed by atoms with E-state index in [9.17, 15) is 9.90 Å². The van der Waals surface area contributed by atoms with Crippen LogP contribution < -0.4 is 5.32 Å². The molecule has 0 aromatic heterocycles. The lowest BCUT2D eigenvalue weighted by Crippen LogP contribution is -2.41. The van der Waals surface area contributed by atoms with E-state index in [2.05, 4.69) is 19.2 Å². The molecular formula is C18H27NO2. The molecule has 1 atom stereocenters. The molecule has 3 nitrogen and oxygen atoms in total. The number of carbonyl (C=O) groups is 1. The first-order valence-corrected chi connectivity index (χ1v) is 8.09. The number of carbonyl (C=O) groups excluding carboxylic acids is 1. The molecule has 1 aliphatic carbocycles. The second kappa shape index (κ2) is 7.08. The van der Waals surface area contributed by atoms with Crippen molar-refractivity contribution in [1.29, 1.82) is 0 Å². The van der Waals surface area contributed by atoms with Gasteiger partial charge in [-0.3, -0.25) is 4.79 Å². The third-order valence-corrected chi connectivity index (χ3v) is 5.01. The van der Waals surface area contributed by atoms with Gasteiger partial charge in [-0.1, -0.05) is 44.2 Å². The molecule has 0 bridgehead atoms. The number of benzene rings is 1. The Morgan fingerprint density at radius 1 is 1.29 bits per heavy atom. The van der Waals surface area contributed by atoms with Crippen LogP contribution in [-0.4, -0.2) is 24.2 Å². The van der Waals surface area contributed by atoms with Crippen molar-refractivity contribution in [3.63, 3.8) is 0 Å². The van der Waals surface area contributed by atoms with Gasteiger partial charge in [-0.25, -0.2) is 0 Å². The quantitative estimate of drug-likeness (QED) is 0.772. The molecule has 2 N–H and O–H groups in total. The maximum Gasteiger partial charge on any atom is 0.227 e. The summed E-state index contributed by atoms with van der Waals surface area (Å²) in [6.45, 7) is 4.83. The van der Waals surface area contributed by atoms with E-state index in [1.807, 2.05) is 30.3 Å². The van der Waals surface area contributed by atoms with E-state index in [0.717, 1.165) is 31.2 Å². The number of nitrogens with one attached hydrogen (secondary N) is 1. The van der Waals surface area contributed by atoms with E-state index in [-0.39, 0.29) is 23.8 Å².